The van der Waals surface area contributed by atoms with Gasteiger partial charge in [0.15, 0.2) is 0 Å². The Morgan fingerprint density at radius 3 is 2.57 bits per heavy atom. The van der Waals surface area contributed by atoms with Crippen molar-refractivity contribution in [2.75, 3.05) is 13.1 Å². The second-order valence-electron chi connectivity index (χ2n) is 6.64. The number of nitrogens with zero attached hydrogens (tertiary/aromatic N) is 3. The van der Waals surface area contributed by atoms with Gasteiger partial charge in [0, 0.05) is 40.7 Å². The van der Waals surface area contributed by atoms with Crippen LogP contribution in [0, 0.1) is 13.8 Å². The molecule has 122 valence electrons. The molecule has 1 aliphatic heterocycles. The van der Waals surface area contributed by atoms with Gasteiger partial charge in [0.1, 0.15) is 5.82 Å². The Balaban J connectivity index is 1.72. The minimum Gasteiger partial charge on any atom is -0.338 e. The monoisotopic (exact) mass is 329 g/mol. The molecule has 0 radical (unpaired) electrons. The quantitative estimate of drug-likeness (QED) is 0.858. The number of aromatic nitrogens is 2. The first kappa shape index (κ1) is 16.1. The molecule has 0 aliphatic carbocycles. The molecule has 2 aromatic rings. The van der Waals surface area contributed by atoms with E-state index >= 15 is 0 Å². The van der Waals surface area contributed by atoms with Crippen LogP contribution in [0.1, 0.15) is 64.6 Å². The van der Waals surface area contributed by atoms with Crippen molar-refractivity contribution in [1.29, 1.82) is 0 Å². The maximum atomic E-state index is 12.7. The van der Waals surface area contributed by atoms with Crippen LogP contribution in [0.15, 0.2) is 17.5 Å². The third-order valence-electron chi connectivity index (χ3n) is 4.28. The molecule has 0 aromatic carbocycles. The van der Waals surface area contributed by atoms with Crippen LogP contribution in [0.3, 0.4) is 0 Å². The fourth-order valence-electron chi connectivity index (χ4n) is 3.04. The van der Waals surface area contributed by atoms with Crippen molar-refractivity contribution in [2.24, 2.45) is 0 Å². The van der Waals surface area contributed by atoms with E-state index in [-0.39, 0.29) is 11.8 Å². The van der Waals surface area contributed by atoms with E-state index in [0.717, 1.165) is 35.7 Å². The van der Waals surface area contributed by atoms with Gasteiger partial charge < -0.3 is 4.90 Å². The number of carbonyl (C=O) groups is 1. The van der Waals surface area contributed by atoms with E-state index < -0.39 is 0 Å². The van der Waals surface area contributed by atoms with E-state index in [9.17, 15) is 4.79 Å². The molecular weight excluding hydrogens is 306 g/mol. The predicted octanol–water partition coefficient (Wildman–Crippen LogP) is 3.91. The summed E-state index contributed by atoms with van der Waals surface area (Å²) in [5.74, 6) is 1.74. The topological polar surface area (TPSA) is 46.1 Å². The van der Waals surface area contributed by atoms with E-state index in [1.165, 1.54) is 4.88 Å². The molecule has 1 amide bonds. The van der Waals surface area contributed by atoms with Gasteiger partial charge in [-0.2, -0.15) is 0 Å². The molecule has 1 atom stereocenters. The van der Waals surface area contributed by atoms with Crippen LogP contribution < -0.4 is 0 Å². The number of thiophene rings is 1. The average molecular weight is 329 g/mol. The lowest BCUT2D eigenvalue weighted by Gasteiger charge is -2.15. The van der Waals surface area contributed by atoms with E-state index in [1.54, 1.807) is 11.3 Å². The van der Waals surface area contributed by atoms with Crippen LogP contribution in [0.4, 0.5) is 0 Å². The molecular formula is C18H23N3OS. The summed E-state index contributed by atoms with van der Waals surface area (Å²) in [6.07, 6.45) is 0.940. The fraction of sp³-hybridized carbons (Fsp3) is 0.500. The third-order valence-corrected chi connectivity index (χ3v) is 5.51. The Morgan fingerprint density at radius 1 is 1.26 bits per heavy atom. The number of carbonyl (C=O) groups excluding carboxylic acids is 1. The van der Waals surface area contributed by atoms with Crippen LogP contribution in [0.2, 0.25) is 0 Å². The third kappa shape index (κ3) is 3.44. The van der Waals surface area contributed by atoms with Crippen LogP contribution in [0.25, 0.3) is 0 Å². The van der Waals surface area contributed by atoms with Crippen LogP contribution in [0.5, 0.6) is 0 Å². The first-order valence-corrected chi connectivity index (χ1v) is 9.02. The van der Waals surface area contributed by atoms with Crippen molar-refractivity contribution in [3.63, 3.8) is 0 Å². The molecule has 0 saturated carbocycles. The molecule has 3 rings (SSSR count). The number of hydrogen-bond donors (Lipinski definition) is 0. The van der Waals surface area contributed by atoms with E-state index in [0.29, 0.717) is 12.5 Å². The van der Waals surface area contributed by atoms with Crippen molar-refractivity contribution >= 4 is 17.2 Å². The fourth-order valence-corrected chi connectivity index (χ4v) is 3.94. The minimum atomic E-state index is 0.139. The van der Waals surface area contributed by atoms with E-state index in [1.807, 2.05) is 36.3 Å². The molecule has 1 saturated heterocycles. The Labute approximate surface area is 141 Å². The van der Waals surface area contributed by atoms with Gasteiger partial charge in [0.2, 0.25) is 0 Å². The predicted molar refractivity (Wildman–Crippen MR) is 93.2 cm³/mol. The zero-order valence-corrected chi connectivity index (χ0v) is 15.0. The first-order chi connectivity index (χ1) is 10.9. The molecule has 5 heteroatoms. The number of aryl methyl sites for hydroxylation is 2. The van der Waals surface area contributed by atoms with Gasteiger partial charge >= 0.3 is 0 Å². The lowest BCUT2D eigenvalue weighted by molar-refractivity contribution is 0.0791. The van der Waals surface area contributed by atoms with Gasteiger partial charge in [-0.3, -0.25) is 4.79 Å². The Morgan fingerprint density at radius 2 is 1.96 bits per heavy atom. The summed E-state index contributed by atoms with van der Waals surface area (Å²) in [6, 6.07) is 4.03. The van der Waals surface area contributed by atoms with Crippen LogP contribution in [-0.2, 0) is 0 Å². The maximum absolute atomic E-state index is 12.7. The van der Waals surface area contributed by atoms with Crippen LogP contribution in [-0.4, -0.2) is 33.9 Å². The highest BCUT2D eigenvalue weighted by Crippen LogP contribution is 2.28. The summed E-state index contributed by atoms with van der Waals surface area (Å²) in [7, 11) is 0. The van der Waals surface area contributed by atoms with Crippen molar-refractivity contribution in [3.05, 3.63) is 45.2 Å². The van der Waals surface area contributed by atoms with Gasteiger partial charge in [-0.15, -0.1) is 11.3 Å². The Hall–Kier alpha value is -1.75. The number of amides is 1. The summed E-state index contributed by atoms with van der Waals surface area (Å²) in [4.78, 5) is 25.0. The summed E-state index contributed by atoms with van der Waals surface area (Å²) in [6.45, 7) is 9.80. The van der Waals surface area contributed by atoms with Gasteiger partial charge in [-0.05, 0) is 38.3 Å². The molecule has 0 bridgehead atoms. The highest BCUT2D eigenvalue weighted by Gasteiger charge is 2.30. The summed E-state index contributed by atoms with van der Waals surface area (Å²) < 4.78 is 0. The second kappa shape index (κ2) is 6.40. The van der Waals surface area contributed by atoms with Crippen LogP contribution >= 0.6 is 11.3 Å². The average Bonchev–Trinajstić information content (AvgIpc) is 3.15. The molecule has 3 heterocycles. The first-order valence-electron chi connectivity index (χ1n) is 8.14. The van der Waals surface area contributed by atoms with Crippen molar-refractivity contribution in [3.8, 4) is 0 Å². The number of hydrogen-bond acceptors (Lipinski definition) is 4. The zero-order chi connectivity index (χ0) is 16.6. The molecule has 23 heavy (non-hydrogen) atoms. The standard InChI is InChI=1S/C18H23N3OS/c1-11(2)16-8-15(10-23-16)18(22)21-6-5-14(9-21)17-19-12(3)7-13(4)20-17/h7-8,10-11,14H,5-6,9H2,1-4H3/t14-/m1/s1. The molecule has 0 unspecified atom stereocenters. The number of likely N-dealkylation sites (tertiary alicyclic amines) is 1. The molecule has 4 nitrogen and oxygen atoms in total. The SMILES string of the molecule is Cc1cc(C)nc([C@@H]2CCN(C(=O)c3csc(C(C)C)c3)C2)n1. The van der Waals surface area contributed by atoms with E-state index in [4.69, 9.17) is 0 Å². The zero-order valence-electron chi connectivity index (χ0n) is 14.2. The molecule has 0 N–H and O–H groups in total. The van der Waals surface area contributed by atoms with Gasteiger partial charge in [-0.25, -0.2) is 9.97 Å². The molecule has 2 aromatic heterocycles. The highest BCUT2D eigenvalue weighted by atomic mass is 32.1. The Bertz CT molecular complexity index is 703. The van der Waals surface area contributed by atoms with Crippen molar-refractivity contribution in [1.82, 2.24) is 14.9 Å². The summed E-state index contributed by atoms with van der Waals surface area (Å²) in [5, 5.41) is 1.98. The summed E-state index contributed by atoms with van der Waals surface area (Å²) >= 11 is 1.67. The van der Waals surface area contributed by atoms with E-state index in [2.05, 4.69) is 23.8 Å². The molecule has 1 aliphatic rings. The summed E-state index contributed by atoms with van der Waals surface area (Å²) in [5.41, 5.74) is 2.81. The molecule has 1 fully saturated rings. The molecule has 0 spiro atoms. The van der Waals surface area contributed by atoms with Gasteiger partial charge in [-0.1, -0.05) is 13.8 Å². The maximum Gasteiger partial charge on any atom is 0.254 e. The van der Waals surface area contributed by atoms with Gasteiger partial charge in [0.05, 0.1) is 5.56 Å². The second-order valence-corrected chi connectivity index (χ2v) is 7.58. The number of rotatable bonds is 3. The van der Waals surface area contributed by atoms with Gasteiger partial charge in [0.25, 0.3) is 5.91 Å². The Kier molecular flexibility index (Phi) is 4.48. The lowest BCUT2D eigenvalue weighted by atomic mass is 10.1. The minimum absolute atomic E-state index is 0.139. The lowest BCUT2D eigenvalue weighted by Crippen LogP contribution is -2.28. The highest BCUT2D eigenvalue weighted by molar-refractivity contribution is 7.10. The smallest absolute Gasteiger partial charge is 0.254 e. The van der Waals surface area contributed by atoms with Crippen molar-refractivity contribution in [2.45, 2.75) is 46.0 Å². The normalized spacial score (nSPS) is 18.0. The largest absolute Gasteiger partial charge is 0.338 e. The van der Waals surface area contributed by atoms with Crippen molar-refractivity contribution < 1.29 is 4.79 Å².